The van der Waals surface area contributed by atoms with Gasteiger partial charge in [-0.15, -0.1) is 0 Å². The summed E-state index contributed by atoms with van der Waals surface area (Å²) in [5.74, 6) is 3.42. The molecule has 10 nitrogen and oxygen atoms in total. The lowest BCUT2D eigenvalue weighted by Gasteiger charge is -2.31. The molecule has 0 radical (unpaired) electrons. The van der Waals surface area contributed by atoms with Gasteiger partial charge in [0.25, 0.3) is 0 Å². The molecular weight excluding hydrogens is 452 g/mol. The van der Waals surface area contributed by atoms with Gasteiger partial charge in [0.15, 0.2) is 23.0 Å². The summed E-state index contributed by atoms with van der Waals surface area (Å²) >= 11 is 0. The molecule has 0 aliphatic carbocycles. The van der Waals surface area contributed by atoms with E-state index in [1.165, 1.54) is 0 Å². The maximum absolute atomic E-state index is 13.0. The van der Waals surface area contributed by atoms with Crippen LogP contribution >= 0.6 is 0 Å². The molecule has 0 bridgehead atoms. The summed E-state index contributed by atoms with van der Waals surface area (Å²) in [7, 11) is 3.17. The normalized spacial score (nSPS) is 17.6. The fourth-order valence-electron chi connectivity index (χ4n) is 4.38. The maximum Gasteiger partial charge on any atom is 0.241 e. The Kier molecular flexibility index (Phi) is 6.71. The van der Waals surface area contributed by atoms with Crippen LogP contribution in [0.3, 0.4) is 0 Å². The largest absolute Gasteiger partial charge is 0.493 e. The smallest absolute Gasteiger partial charge is 0.241 e. The Morgan fingerprint density at radius 2 is 1.91 bits per heavy atom. The number of fused-ring (bicyclic) bond motifs is 1. The van der Waals surface area contributed by atoms with Gasteiger partial charge in [0.2, 0.25) is 17.6 Å². The monoisotopic (exact) mass is 480 g/mol. The van der Waals surface area contributed by atoms with Crippen molar-refractivity contribution < 1.29 is 28.3 Å². The van der Waals surface area contributed by atoms with Gasteiger partial charge in [-0.3, -0.25) is 9.69 Å². The van der Waals surface area contributed by atoms with Gasteiger partial charge in [0, 0.05) is 23.9 Å². The predicted molar refractivity (Wildman–Crippen MR) is 127 cm³/mol. The number of anilines is 1. The third kappa shape index (κ3) is 5.17. The number of amides is 1. The molecule has 1 saturated heterocycles. The summed E-state index contributed by atoms with van der Waals surface area (Å²) in [6, 6.07) is 10.9. The van der Waals surface area contributed by atoms with Crippen molar-refractivity contribution in [2.45, 2.75) is 19.4 Å². The highest BCUT2D eigenvalue weighted by atomic mass is 16.6. The first-order valence-electron chi connectivity index (χ1n) is 11.6. The van der Waals surface area contributed by atoms with Crippen LogP contribution in [0, 0.1) is 5.92 Å². The van der Waals surface area contributed by atoms with E-state index >= 15 is 0 Å². The minimum absolute atomic E-state index is 0.0112. The van der Waals surface area contributed by atoms with Crippen LogP contribution in [0.5, 0.6) is 23.0 Å². The lowest BCUT2D eigenvalue weighted by atomic mass is 9.97. The number of ether oxygens (including phenoxy) is 4. The highest BCUT2D eigenvalue weighted by Gasteiger charge is 2.27. The molecule has 1 unspecified atom stereocenters. The van der Waals surface area contributed by atoms with Crippen molar-refractivity contribution >= 4 is 11.6 Å². The van der Waals surface area contributed by atoms with Gasteiger partial charge in [-0.2, -0.15) is 4.98 Å². The SMILES string of the molecule is COc1ccc(-c2noc(CN3CCCC(C(=O)Nc4ccc5c(c4)OCCO5)C3)n2)cc1OC. The molecular formula is C25H28N4O6. The Labute approximate surface area is 203 Å². The van der Waals surface area contributed by atoms with Crippen molar-refractivity contribution in [3.05, 3.63) is 42.3 Å². The first-order valence-corrected chi connectivity index (χ1v) is 11.6. The van der Waals surface area contributed by atoms with Crippen LogP contribution in [0.1, 0.15) is 18.7 Å². The third-order valence-electron chi connectivity index (χ3n) is 6.15. The topological polar surface area (TPSA) is 108 Å². The van der Waals surface area contributed by atoms with Crippen molar-refractivity contribution in [2.75, 3.05) is 45.8 Å². The zero-order chi connectivity index (χ0) is 24.2. The molecule has 5 rings (SSSR count). The summed E-state index contributed by atoms with van der Waals surface area (Å²) in [6.07, 6.45) is 1.74. The van der Waals surface area contributed by atoms with Crippen LogP contribution in [-0.2, 0) is 11.3 Å². The number of benzene rings is 2. The number of nitrogens with zero attached hydrogens (tertiary/aromatic N) is 3. The molecule has 3 aromatic rings. The maximum atomic E-state index is 13.0. The molecule has 1 fully saturated rings. The first-order chi connectivity index (χ1) is 17.1. The van der Waals surface area contributed by atoms with Crippen LogP contribution in [-0.4, -0.2) is 61.5 Å². The minimum atomic E-state index is -0.134. The van der Waals surface area contributed by atoms with Gasteiger partial charge in [-0.05, 0) is 49.7 Å². The predicted octanol–water partition coefficient (Wildman–Crippen LogP) is 3.38. The molecule has 10 heteroatoms. The molecule has 184 valence electrons. The second kappa shape index (κ2) is 10.2. The van der Waals surface area contributed by atoms with E-state index in [9.17, 15) is 4.79 Å². The highest BCUT2D eigenvalue weighted by molar-refractivity contribution is 5.93. The summed E-state index contributed by atoms with van der Waals surface area (Å²) in [5.41, 5.74) is 1.47. The fourth-order valence-corrected chi connectivity index (χ4v) is 4.38. The summed E-state index contributed by atoms with van der Waals surface area (Å²) in [6.45, 7) is 3.00. The van der Waals surface area contributed by atoms with Gasteiger partial charge in [0.1, 0.15) is 13.2 Å². The lowest BCUT2D eigenvalue weighted by molar-refractivity contribution is -0.121. The number of piperidine rings is 1. The molecule has 2 aliphatic rings. The molecule has 2 aliphatic heterocycles. The molecule has 0 saturated carbocycles. The Morgan fingerprint density at radius 1 is 1.09 bits per heavy atom. The minimum Gasteiger partial charge on any atom is -0.493 e. The van der Waals surface area contributed by atoms with E-state index < -0.39 is 0 Å². The number of rotatable bonds is 7. The van der Waals surface area contributed by atoms with Crippen LogP contribution in [0.25, 0.3) is 11.4 Å². The number of methoxy groups -OCH3 is 2. The zero-order valence-electron chi connectivity index (χ0n) is 19.8. The van der Waals surface area contributed by atoms with Gasteiger partial charge in [-0.1, -0.05) is 5.16 Å². The number of nitrogens with one attached hydrogen (secondary N) is 1. The number of likely N-dealkylation sites (tertiary alicyclic amines) is 1. The lowest BCUT2D eigenvalue weighted by Crippen LogP contribution is -2.40. The van der Waals surface area contributed by atoms with Gasteiger partial charge < -0.3 is 28.8 Å². The molecule has 2 aromatic carbocycles. The molecule has 1 amide bonds. The average Bonchev–Trinajstić information content (AvgIpc) is 3.36. The van der Waals surface area contributed by atoms with E-state index in [0.29, 0.717) is 66.7 Å². The van der Waals surface area contributed by atoms with Gasteiger partial charge in [0.05, 0.1) is 26.7 Å². The second-order valence-corrected chi connectivity index (χ2v) is 8.50. The Bertz CT molecular complexity index is 1200. The number of hydrogen-bond donors (Lipinski definition) is 1. The molecule has 3 heterocycles. The van der Waals surface area contributed by atoms with Crippen LogP contribution in [0.15, 0.2) is 40.9 Å². The van der Waals surface area contributed by atoms with Crippen LogP contribution in [0.2, 0.25) is 0 Å². The van der Waals surface area contributed by atoms with E-state index in [-0.39, 0.29) is 11.8 Å². The number of aromatic nitrogens is 2. The standard InChI is InChI=1S/C25H28N4O6/c1-31-19-7-5-16(12-21(19)32-2)24-27-23(35-28-24)15-29-9-3-4-17(14-29)25(30)26-18-6-8-20-22(13-18)34-11-10-33-20/h5-8,12-13,17H,3-4,9-11,14-15H2,1-2H3,(H,26,30). The highest BCUT2D eigenvalue weighted by Crippen LogP contribution is 2.33. The molecule has 1 atom stereocenters. The average molecular weight is 481 g/mol. The van der Waals surface area contributed by atoms with E-state index in [1.54, 1.807) is 26.4 Å². The Morgan fingerprint density at radius 3 is 2.74 bits per heavy atom. The molecule has 35 heavy (non-hydrogen) atoms. The van der Waals surface area contributed by atoms with Crippen molar-refractivity contribution in [3.8, 4) is 34.4 Å². The van der Waals surface area contributed by atoms with Crippen LogP contribution < -0.4 is 24.3 Å². The van der Waals surface area contributed by atoms with Crippen molar-refractivity contribution in [2.24, 2.45) is 5.92 Å². The number of hydrogen-bond acceptors (Lipinski definition) is 9. The van der Waals surface area contributed by atoms with Crippen LogP contribution in [0.4, 0.5) is 5.69 Å². The third-order valence-corrected chi connectivity index (χ3v) is 6.15. The van der Waals surface area contributed by atoms with Crippen molar-refractivity contribution in [1.82, 2.24) is 15.0 Å². The van der Waals surface area contributed by atoms with E-state index in [4.69, 9.17) is 23.5 Å². The Hall–Kier alpha value is -3.79. The van der Waals surface area contributed by atoms with E-state index in [1.807, 2.05) is 24.3 Å². The molecule has 1 aromatic heterocycles. The quantitative estimate of drug-likeness (QED) is 0.544. The summed E-state index contributed by atoms with van der Waals surface area (Å²) in [5, 5.41) is 7.13. The van der Waals surface area contributed by atoms with E-state index in [2.05, 4.69) is 20.4 Å². The number of carbonyl (C=O) groups is 1. The van der Waals surface area contributed by atoms with Crippen molar-refractivity contribution in [3.63, 3.8) is 0 Å². The second-order valence-electron chi connectivity index (χ2n) is 8.50. The molecule has 1 N–H and O–H groups in total. The fraction of sp³-hybridized carbons (Fsp3) is 0.400. The van der Waals surface area contributed by atoms with Crippen molar-refractivity contribution in [1.29, 1.82) is 0 Å². The summed E-state index contributed by atoms with van der Waals surface area (Å²) in [4.78, 5) is 19.7. The van der Waals surface area contributed by atoms with Gasteiger partial charge in [-0.25, -0.2) is 0 Å². The van der Waals surface area contributed by atoms with E-state index in [0.717, 1.165) is 24.9 Å². The number of carbonyl (C=O) groups excluding carboxylic acids is 1. The zero-order valence-corrected chi connectivity index (χ0v) is 19.8. The van der Waals surface area contributed by atoms with Gasteiger partial charge >= 0.3 is 0 Å². The first kappa shape index (κ1) is 23.0. The summed E-state index contributed by atoms with van der Waals surface area (Å²) < 4.78 is 27.3. The molecule has 0 spiro atoms. The Balaban J connectivity index is 1.20.